The Kier molecular flexibility index (Phi) is 9.27. The van der Waals surface area contributed by atoms with Crippen molar-refractivity contribution in [3.05, 3.63) is 47.1 Å². The Bertz CT molecular complexity index is 936. The molecule has 186 valence electrons. The molecule has 2 aliphatic rings. The Hall–Kier alpha value is -2.68. The normalized spacial score (nSPS) is 20.1. The second-order valence-corrected chi connectivity index (χ2v) is 8.95. The quantitative estimate of drug-likeness (QED) is 0.288. The second-order valence-electron chi connectivity index (χ2n) is 8.95. The highest BCUT2D eigenvalue weighted by Gasteiger charge is 2.33. The number of Topliss-reactive ketones (excluding diaryl/α,β-unsaturated/α-hetero) is 1. The van der Waals surface area contributed by atoms with Crippen LogP contribution in [0.15, 0.2) is 41.5 Å². The van der Waals surface area contributed by atoms with Crippen LogP contribution in [0.4, 0.5) is 11.4 Å². The molecule has 1 aromatic carbocycles. The Labute approximate surface area is 201 Å². The van der Waals surface area contributed by atoms with Crippen LogP contribution < -0.4 is 15.5 Å². The third-order valence-corrected chi connectivity index (χ3v) is 6.60. The number of carbonyl (C=O) groups is 2. The maximum Gasteiger partial charge on any atom is 0.323 e. The number of carboxylic acids is 1. The lowest BCUT2D eigenvalue weighted by Crippen LogP contribution is -2.41. The predicted molar refractivity (Wildman–Crippen MR) is 133 cm³/mol. The summed E-state index contributed by atoms with van der Waals surface area (Å²) in [4.78, 5) is 25.8. The van der Waals surface area contributed by atoms with Crippen LogP contribution in [-0.4, -0.2) is 60.5 Å². The van der Waals surface area contributed by atoms with Gasteiger partial charge in [-0.3, -0.25) is 14.9 Å². The molecular formula is C26H37N3O5. The molecule has 0 bridgehead atoms. The van der Waals surface area contributed by atoms with Crippen molar-refractivity contribution in [2.24, 2.45) is 5.92 Å². The summed E-state index contributed by atoms with van der Waals surface area (Å²) in [5.41, 5.74) is 4.76. The number of aliphatic carboxylic acids is 1. The number of carbonyl (C=O) groups excluding carboxylic acids is 1. The highest BCUT2D eigenvalue weighted by molar-refractivity contribution is 5.95. The second kappa shape index (κ2) is 12.1. The summed E-state index contributed by atoms with van der Waals surface area (Å²) in [5, 5.41) is 24.9. The molecule has 0 radical (unpaired) electrons. The van der Waals surface area contributed by atoms with E-state index >= 15 is 0 Å². The molecule has 2 atom stereocenters. The van der Waals surface area contributed by atoms with Crippen LogP contribution in [0.25, 0.3) is 0 Å². The highest BCUT2D eigenvalue weighted by atomic mass is 16.5. The maximum absolute atomic E-state index is 12.2. The molecule has 2 heterocycles. The average molecular weight is 472 g/mol. The van der Waals surface area contributed by atoms with Gasteiger partial charge in [0.1, 0.15) is 12.2 Å². The van der Waals surface area contributed by atoms with Gasteiger partial charge in [-0.15, -0.1) is 0 Å². The molecule has 1 aromatic rings. The van der Waals surface area contributed by atoms with E-state index in [4.69, 9.17) is 9.84 Å². The zero-order valence-electron chi connectivity index (χ0n) is 20.3. The largest absolute Gasteiger partial charge is 0.480 e. The van der Waals surface area contributed by atoms with E-state index in [1.54, 1.807) is 0 Å². The van der Waals surface area contributed by atoms with E-state index in [1.165, 1.54) is 0 Å². The van der Waals surface area contributed by atoms with Gasteiger partial charge in [-0.25, -0.2) is 0 Å². The molecule has 0 aromatic heterocycles. The lowest BCUT2D eigenvalue weighted by molar-refractivity contribution is -0.140. The molecule has 8 heteroatoms. The summed E-state index contributed by atoms with van der Waals surface area (Å²) in [5.74, 6) is -0.422. The lowest BCUT2D eigenvalue weighted by atomic mass is 9.98. The number of aliphatic hydroxyl groups excluding tert-OH is 1. The lowest BCUT2D eigenvalue weighted by Gasteiger charge is -2.33. The minimum absolute atomic E-state index is 0.102. The van der Waals surface area contributed by atoms with Gasteiger partial charge in [0.15, 0.2) is 5.78 Å². The van der Waals surface area contributed by atoms with Gasteiger partial charge in [0.25, 0.3) is 0 Å². The Morgan fingerprint density at radius 1 is 1.32 bits per heavy atom. The van der Waals surface area contributed by atoms with Gasteiger partial charge in [0.05, 0.1) is 18.0 Å². The van der Waals surface area contributed by atoms with Gasteiger partial charge in [-0.05, 0) is 67.5 Å². The van der Waals surface area contributed by atoms with Crippen LogP contribution >= 0.6 is 0 Å². The smallest absolute Gasteiger partial charge is 0.323 e. The summed E-state index contributed by atoms with van der Waals surface area (Å²) in [6, 6.07) is 5.07. The van der Waals surface area contributed by atoms with Crippen molar-refractivity contribution in [2.75, 3.05) is 36.6 Å². The average Bonchev–Trinajstić information content (AvgIpc) is 3.19. The molecule has 1 fully saturated rings. The molecular weight excluding hydrogens is 434 g/mol. The standard InChI is InChI=1S/C26H37N3O5/c1-4-20(12-17(3)24(31)5-2)25-28-21-13-19(14-27-22(16-30)26(32)33)6-7-23(21)29(25)15-18-8-10-34-11-9-18/h4,6-7,12-13,18,22,25,27-28,30H,5,8-11,14-16H2,1-3H3,(H,32,33)/b17-12-,20-4+/t22-,25?/m0/s1. The van der Waals surface area contributed by atoms with Crippen LogP contribution in [-0.2, 0) is 20.9 Å². The van der Waals surface area contributed by atoms with Gasteiger partial charge in [-0.1, -0.05) is 19.1 Å². The Morgan fingerprint density at radius 2 is 2.06 bits per heavy atom. The fraction of sp³-hybridized carbons (Fsp3) is 0.538. The van der Waals surface area contributed by atoms with E-state index in [0.29, 0.717) is 18.9 Å². The van der Waals surface area contributed by atoms with E-state index in [1.807, 2.05) is 45.1 Å². The van der Waals surface area contributed by atoms with Crippen LogP contribution in [0, 0.1) is 5.92 Å². The number of rotatable bonds is 11. The van der Waals surface area contributed by atoms with Crippen molar-refractivity contribution in [1.82, 2.24) is 5.32 Å². The van der Waals surface area contributed by atoms with Gasteiger partial charge in [0, 0.05) is 32.7 Å². The number of allylic oxidation sites excluding steroid dienone is 2. The minimum atomic E-state index is -1.08. The highest BCUT2D eigenvalue weighted by Crippen LogP contribution is 2.39. The molecule has 1 saturated heterocycles. The summed E-state index contributed by atoms with van der Waals surface area (Å²) >= 11 is 0. The fourth-order valence-corrected chi connectivity index (χ4v) is 4.50. The first-order valence-corrected chi connectivity index (χ1v) is 12.1. The molecule has 1 unspecified atom stereocenters. The third kappa shape index (κ3) is 6.25. The first-order chi connectivity index (χ1) is 16.4. The minimum Gasteiger partial charge on any atom is -0.480 e. The number of hydrogen-bond donors (Lipinski definition) is 4. The van der Waals surface area contributed by atoms with E-state index < -0.39 is 18.6 Å². The molecule has 3 rings (SSSR count). The molecule has 4 N–H and O–H groups in total. The van der Waals surface area contributed by atoms with E-state index in [2.05, 4.69) is 21.6 Å². The van der Waals surface area contributed by atoms with Gasteiger partial charge >= 0.3 is 5.97 Å². The zero-order chi connectivity index (χ0) is 24.7. The molecule has 0 spiro atoms. The van der Waals surface area contributed by atoms with Gasteiger partial charge in [-0.2, -0.15) is 0 Å². The maximum atomic E-state index is 12.2. The zero-order valence-corrected chi connectivity index (χ0v) is 20.3. The summed E-state index contributed by atoms with van der Waals surface area (Å²) < 4.78 is 5.55. The number of nitrogens with zero attached hydrogens (tertiary/aromatic N) is 1. The number of carboxylic acid groups (broad SMARTS) is 1. The van der Waals surface area contributed by atoms with E-state index in [-0.39, 0.29) is 11.9 Å². The van der Waals surface area contributed by atoms with Crippen molar-refractivity contribution in [3.8, 4) is 0 Å². The van der Waals surface area contributed by atoms with Crippen LogP contribution in [0.5, 0.6) is 0 Å². The fourth-order valence-electron chi connectivity index (χ4n) is 4.50. The summed E-state index contributed by atoms with van der Waals surface area (Å²) in [7, 11) is 0. The molecule has 0 saturated carbocycles. The number of ether oxygens (including phenoxy) is 1. The predicted octanol–water partition coefficient (Wildman–Crippen LogP) is 3.08. The summed E-state index contributed by atoms with van der Waals surface area (Å²) in [6.45, 7) is 8.03. The number of benzene rings is 1. The molecule has 0 amide bonds. The van der Waals surface area contributed by atoms with Crippen molar-refractivity contribution in [3.63, 3.8) is 0 Å². The van der Waals surface area contributed by atoms with Crippen molar-refractivity contribution in [1.29, 1.82) is 0 Å². The number of hydrogen-bond acceptors (Lipinski definition) is 7. The summed E-state index contributed by atoms with van der Waals surface area (Å²) in [6.07, 6.45) is 6.45. The van der Waals surface area contributed by atoms with Crippen LogP contribution in [0.3, 0.4) is 0 Å². The SMILES string of the molecule is C/C=C(\C=C(\C)C(=O)CC)C1Nc2cc(CN[C@@H](CO)C(=O)O)ccc2N1CC1CCOCC1. The number of nitrogens with one attached hydrogen (secondary N) is 2. The van der Waals surface area contributed by atoms with Gasteiger partial charge in [0.2, 0.25) is 0 Å². The third-order valence-electron chi connectivity index (χ3n) is 6.60. The topological polar surface area (TPSA) is 111 Å². The first-order valence-electron chi connectivity index (χ1n) is 12.1. The number of aliphatic hydroxyl groups is 1. The Balaban J connectivity index is 1.86. The van der Waals surface area contributed by atoms with Gasteiger partial charge < -0.3 is 25.2 Å². The Morgan fingerprint density at radius 3 is 2.68 bits per heavy atom. The van der Waals surface area contributed by atoms with E-state index in [9.17, 15) is 14.7 Å². The van der Waals surface area contributed by atoms with Crippen molar-refractivity contribution >= 4 is 23.1 Å². The number of anilines is 2. The number of fused-ring (bicyclic) bond motifs is 1. The molecule has 2 aliphatic heterocycles. The molecule has 34 heavy (non-hydrogen) atoms. The van der Waals surface area contributed by atoms with Crippen LogP contribution in [0.1, 0.15) is 45.6 Å². The van der Waals surface area contributed by atoms with E-state index in [0.717, 1.165) is 60.7 Å². The first kappa shape index (κ1) is 25.9. The van der Waals surface area contributed by atoms with Crippen LogP contribution in [0.2, 0.25) is 0 Å². The monoisotopic (exact) mass is 471 g/mol. The van der Waals surface area contributed by atoms with Crippen molar-refractivity contribution in [2.45, 2.75) is 58.8 Å². The number of ketones is 1. The molecule has 0 aliphatic carbocycles. The van der Waals surface area contributed by atoms with Crippen molar-refractivity contribution < 1.29 is 24.5 Å². The molecule has 8 nitrogen and oxygen atoms in total.